The molecule has 0 radical (unpaired) electrons. The van der Waals surface area contributed by atoms with Crippen molar-refractivity contribution < 1.29 is 23.7 Å². The van der Waals surface area contributed by atoms with Crippen molar-refractivity contribution in [2.24, 2.45) is 0 Å². The van der Waals surface area contributed by atoms with Crippen LogP contribution < -0.4 is 18.9 Å². The summed E-state index contributed by atoms with van der Waals surface area (Å²) < 4.78 is 23.3. The molecule has 2 heterocycles. The zero-order valence-electron chi connectivity index (χ0n) is 20.6. The number of allylic oxidation sites excluding steroid dienone is 4. The molecule has 5 nitrogen and oxygen atoms in total. The third kappa shape index (κ3) is 3.75. The van der Waals surface area contributed by atoms with Gasteiger partial charge in [-0.2, -0.15) is 0 Å². The van der Waals surface area contributed by atoms with Crippen LogP contribution >= 0.6 is 0 Å². The molecule has 0 aromatic heterocycles. The number of hydrogen-bond acceptors (Lipinski definition) is 5. The summed E-state index contributed by atoms with van der Waals surface area (Å²) in [7, 11) is 0. The second-order valence-electron chi connectivity index (χ2n) is 9.28. The summed E-state index contributed by atoms with van der Waals surface area (Å²) in [6, 6.07) is 31.7. The van der Waals surface area contributed by atoms with E-state index < -0.39 is 0 Å². The van der Waals surface area contributed by atoms with Gasteiger partial charge in [-0.05, 0) is 46.5 Å². The highest BCUT2D eigenvalue weighted by Gasteiger charge is 2.36. The van der Waals surface area contributed by atoms with Crippen molar-refractivity contribution in [1.82, 2.24) is 0 Å². The van der Waals surface area contributed by atoms with Crippen molar-refractivity contribution in [3.05, 3.63) is 119 Å². The minimum absolute atomic E-state index is 0.0453. The molecular formula is C33H24O5. The second kappa shape index (κ2) is 9.27. The highest BCUT2D eigenvalue weighted by Crippen LogP contribution is 2.51. The first kappa shape index (κ1) is 22.4. The van der Waals surface area contributed by atoms with Crippen molar-refractivity contribution in [3.8, 4) is 23.0 Å². The van der Waals surface area contributed by atoms with Crippen LogP contribution in [0.2, 0.25) is 0 Å². The lowest BCUT2D eigenvalue weighted by atomic mass is 9.89. The van der Waals surface area contributed by atoms with Crippen LogP contribution in [0.3, 0.4) is 0 Å². The van der Waals surface area contributed by atoms with E-state index in [1.165, 1.54) is 0 Å². The molecule has 0 N–H and O–H groups in total. The first-order valence-electron chi connectivity index (χ1n) is 12.7. The number of ether oxygens (including phenoxy) is 4. The van der Waals surface area contributed by atoms with Crippen LogP contribution in [0.5, 0.6) is 23.0 Å². The maximum atomic E-state index is 14.6. The molecule has 3 aliphatic rings. The monoisotopic (exact) mass is 500 g/mol. The summed E-state index contributed by atoms with van der Waals surface area (Å²) in [4.78, 5) is 14.6. The quantitative estimate of drug-likeness (QED) is 0.328. The zero-order valence-corrected chi connectivity index (χ0v) is 20.6. The molecule has 0 fully saturated rings. The van der Waals surface area contributed by atoms with Crippen LogP contribution in [-0.2, 0) is 4.79 Å². The lowest BCUT2D eigenvalue weighted by Crippen LogP contribution is -2.16. The Labute approximate surface area is 220 Å². The fourth-order valence-electron chi connectivity index (χ4n) is 5.34. The summed E-state index contributed by atoms with van der Waals surface area (Å²) in [5.74, 6) is 2.63. The van der Waals surface area contributed by atoms with Gasteiger partial charge in [0.05, 0.1) is 0 Å². The SMILES string of the molecule is O=C1C(c2ccc3c(c2)OCCO3)=C(c2ccccc2)C(c2ccccc2)=C1c1ccc2c(c1)OCCO2. The first-order chi connectivity index (χ1) is 18.8. The number of carbonyl (C=O) groups excluding carboxylic acids is 1. The average molecular weight is 501 g/mol. The van der Waals surface area contributed by atoms with Gasteiger partial charge in [-0.3, -0.25) is 4.79 Å². The molecule has 1 aliphatic carbocycles. The highest BCUT2D eigenvalue weighted by atomic mass is 16.6. The molecule has 4 aromatic rings. The van der Waals surface area contributed by atoms with Crippen LogP contribution in [-0.4, -0.2) is 32.2 Å². The molecule has 0 amide bonds. The Hall–Kier alpha value is -4.77. The number of Topliss-reactive ketones (excluding diaryl/α,β-unsaturated/α-hetero) is 1. The van der Waals surface area contributed by atoms with E-state index >= 15 is 0 Å². The van der Waals surface area contributed by atoms with Crippen LogP contribution in [0.25, 0.3) is 22.3 Å². The summed E-state index contributed by atoms with van der Waals surface area (Å²) in [6.45, 7) is 1.98. The Morgan fingerprint density at radius 3 is 1.21 bits per heavy atom. The Kier molecular flexibility index (Phi) is 5.47. The molecule has 0 unspecified atom stereocenters. The van der Waals surface area contributed by atoms with Gasteiger partial charge in [-0.25, -0.2) is 0 Å². The molecule has 2 aliphatic heterocycles. The number of rotatable bonds is 4. The Morgan fingerprint density at radius 2 is 0.789 bits per heavy atom. The summed E-state index contributed by atoms with van der Waals surface area (Å²) in [5, 5.41) is 0. The minimum Gasteiger partial charge on any atom is -0.486 e. The highest BCUT2D eigenvalue weighted by molar-refractivity contribution is 6.59. The molecule has 0 bridgehead atoms. The smallest absolute Gasteiger partial charge is 0.195 e. The topological polar surface area (TPSA) is 54.0 Å². The molecule has 4 aromatic carbocycles. The molecule has 0 saturated carbocycles. The largest absolute Gasteiger partial charge is 0.486 e. The molecule has 186 valence electrons. The number of benzene rings is 4. The molecule has 38 heavy (non-hydrogen) atoms. The second-order valence-corrected chi connectivity index (χ2v) is 9.28. The predicted molar refractivity (Wildman–Crippen MR) is 146 cm³/mol. The van der Waals surface area contributed by atoms with Crippen molar-refractivity contribution in [3.63, 3.8) is 0 Å². The summed E-state index contributed by atoms with van der Waals surface area (Å²) >= 11 is 0. The maximum absolute atomic E-state index is 14.6. The van der Waals surface area contributed by atoms with Gasteiger partial charge >= 0.3 is 0 Å². The van der Waals surface area contributed by atoms with Gasteiger partial charge < -0.3 is 18.9 Å². The van der Waals surface area contributed by atoms with Gasteiger partial charge in [-0.1, -0.05) is 72.8 Å². The van der Waals surface area contributed by atoms with Gasteiger partial charge in [0.25, 0.3) is 0 Å². The van der Waals surface area contributed by atoms with Gasteiger partial charge in [-0.15, -0.1) is 0 Å². The Balaban J connectivity index is 1.50. The number of fused-ring (bicyclic) bond motifs is 2. The lowest BCUT2D eigenvalue weighted by Gasteiger charge is -2.20. The van der Waals surface area contributed by atoms with E-state index in [2.05, 4.69) is 24.3 Å². The normalized spacial score (nSPS) is 16.2. The fourth-order valence-corrected chi connectivity index (χ4v) is 5.34. The van der Waals surface area contributed by atoms with Crippen LogP contribution in [0.4, 0.5) is 0 Å². The third-order valence-corrected chi connectivity index (χ3v) is 6.99. The Bertz CT molecular complexity index is 1500. The maximum Gasteiger partial charge on any atom is 0.195 e. The number of hydrogen-bond donors (Lipinski definition) is 0. The third-order valence-electron chi connectivity index (χ3n) is 6.99. The van der Waals surface area contributed by atoms with Crippen LogP contribution in [0.15, 0.2) is 97.1 Å². The van der Waals surface area contributed by atoms with Crippen molar-refractivity contribution in [2.45, 2.75) is 0 Å². The average Bonchev–Trinajstić information content (AvgIpc) is 3.30. The molecule has 5 heteroatoms. The molecular weight excluding hydrogens is 476 g/mol. The van der Waals surface area contributed by atoms with E-state index in [0.29, 0.717) is 60.6 Å². The van der Waals surface area contributed by atoms with Gasteiger partial charge in [0.15, 0.2) is 28.8 Å². The van der Waals surface area contributed by atoms with Crippen molar-refractivity contribution >= 4 is 28.1 Å². The van der Waals surface area contributed by atoms with Gasteiger partial charge in [0.2, 0.25) is 0 Å². The van der Waals surface area contributed by atoms with E-state index in [1.54, 1.807) is 0 Å². The van der Waals surface area contributed by atoms with E-state index in [0.717, 1.165) is 33.4 Å². The standard InChI is InChI=1S/C33H24O5/c34-33-31(23-11-13-25-27(19-23)37-17-15-35-25)29(21-7-3-1-4-8-21)30(22-9-5-2-6-10-22)32(33)24-12-14-26-28(20-24)38-18-16-36-26/h1-14,19-20H,15-18H2. The van der Waals surface area contributed by atoms with Crippen molar-refractivity contribution in [1.29, 1.82) is 0 Å². The molecule has 7 rings (SSSR count). The number of carbonyl (C=O) groups is 1. The zero-order chi connectivity index (χ0) is 25.5. The van der Waals surface area contributed by atoms with Crippen LogP contribution in [0, 0.1) is 0 Å². The summed E-state index contributed by atoms with van der Waals surface area (Å²) in [5.41, 5.74) is 6.58. The van der Waals surface area contributed by atoms with Crippen molar-refractivity contribution in [2.75, 3.05) is 26.4 Å². The fraction of sp³-hybridized carbons (Fsp3) is 0.121. The number of ketones is 1. The lowest BCUT2D eigenvalue weighted by molar-refractivity contribution is -0.108. The van der Waals surface area contributed by atoms with E-state index in [4.69, 9.17) is 18.9 Å². The molecule has 0 atom stereocenters. The Morgan fingerprint density at radius 1 is 0.395 bits per heavy atom. The minimum atomic E-state index is -0.0453. The van der Waals surface area contributed by atoms with Gasteiger partial charge in [0, 0.05) is 22.3 Å². The van der Waals surface area contributed by atoms with E-state index in [-0.39, 0.29) is 5.78 Å². The molecule has 0 spiro atoms. The van der Waals surface area contributed by atoms with Crippen LogP contribution in [0.1, 0.15) is 22.3 Å². The van der Waals surface area contributed by atoms with Gasteiger partial charge in [0.1, 0.15) is 26.4 Å². The van der Waals surface area contributed by atoms with E-state index in [1.807, 2.05) is 72.8 Å². The predicted octanol–water partition coefficient (Wildman–Crippen LogP) is 6.33. The summed E-state index contributed by atoms with van der Waals surface area (Å²) in [6.07, 6.45) is 0. The molecule has 0 saturated heterocycles. The van der Waals surface area contributed by atoms with E-state index in [9.17, 15) is 4.79 Å². The first-order valence-corrected chi connectivity index (χ1v) is 12.7.